The molecule has 4 heteroatoms. The highest BCUT2D eigenvalue weighted by molar-refractivity contribution is 5.46. The van der Waals surface area contributed by atoms with Crippen molar-refractivity contribution < 1.29 is 14.6 Å². The zero-order valence-electron chi connectivity index (χ0n) is 12.9. The molecule has 1 N–H and O–H groups in total. The van der Waals surface area contributed by atoms with E-state index in [1.807, 2.05) is 18.2 Å². The normalized spacial score (nSPS) is 11.3. The van der Waals surface area contributed by atoms with Crippen molar-refractivity contribution in [2.24, 2.45) is 0 Å². The highest BCUT2D eigenvalue weighted by Crippen LogP contribution is 2.36. The first-order chi connectivity index (χ1) is 9.95. The predicted octanol–water partition coefficient (Wildman–Crippen LogP) is 3.67. The van der Waals surface area contributed by atoms with Crippen molar-refractivity contribution in [2.45, 2.75) is 32.8 Å². The van der Waals surface area contributed by atoms with Gasteiger partial charge in [-0.2, -0.15) is 0 Å². The zero-order valence-corrected chi connectivity index (χ0v) is 12.9. The van der Waals surface area contributed by atoms with Crippen molar-refractivity contribution in [1.82, 2.24) is 4.98 Å². The standard InChI is InChI=1S/C17H21NO3/c1-17(2,3)14-10-13(20-4)7-8-15(14)21-16-12(11-19)6-5-9-18-16/h5-10,19H,11H2,1-4H3. The third kappa shape index (κ3) is 3.52. The summed E-state index contributed by atoms with van der Waals surface area (Å²) in [6.45, 7) is 6.23. The van der Waals surface area contributed by atoms with Crippen LogP contribution in [0.15, 0.2) is 36.5 Å². The van der Waals surface area contributed by atoms with Gasteiger partial charge in [0.2, 0.25) is 5.88 Å². The van der Waals surface area contributed by atoms with Crippen molar-refractivity contribution in [3.8, 4) is 17.4 Å². The van der Waals surface area contributed by atoms with Gasteiger partial charge in [-0.15, -0.1) is 0 Å². The first-order valence-corrected chi connectivity index (χ1v) is 6.87. The molecule has 21 heavy (non-hydrogen) atoms. The fourth-order valence-electron chi connectivity index (χ4n) is 2.05. The van der Waals surface area contributed by atoms with Gasteiger partial charge in [0.05, 0.1) is 13.7 Å². The van der Waals surface area contributed by atoms with Gasteiger partial charge in [0.25, 0.3) is 0 Å². The highest BCUT2D eigenvalue weighted by atomic mass is 16.5. The second-order valence-corrected chi connectivity index (χ2v) is 5.84. The van der Waals surface area contributed by atoms with Gasteiger partial charge in [-0.3, -0.25) is 0 Å². The molecule has 0 amide bonds. The van der Waals surface area contributed by atoms with Gasteiger partial charge < -0.3 is 14.6 Å². The summed E-state index contributed by atoms with van der Waals surface area (Å²) in [5.41, 5.74) is 1.59. The lowest BCUT2D eigenvalue weighted by Crippen LogP contribution is -2.13. The van der Waals surface area contributed by atoms with Crippen LogP contribution in [0.1, 0.15) is 31.9 Å². The fourth-order valence-corrected chi connectivity index (χ4v) is 2.05. The summed E-state index contributed by atoms with van der Waals surface area (Å²) in [5.74, 6) is 1.93. The van der Waals surface area contributed by atoms with E-state index in [0.29, 0.717) is 11.4 Å². The van der Waals surface area contributed by atoms with E-state index in [1.165, 1.54) is 0 Å². The molecule has 4 nitrogen and oxygen atoms in total. The maximum Gasteiger partial charge on any atom is 0.224 e. The fraction of sp³-hybridized carbons (Fsp3) is 0.353. The Kier molecular flexibility index (Phi) is 4.48. The molecule has 0 aliphatic heterocycles. The van der Waals surface area contributed by atoms with Crippen LogP contribution in [0.3, 0.4) is 0 Å². The Bertz CT molecular complexity index is 618. The van der Waals surface area contributed by atoms with Crippen LogP contribution in [-0.4, -0.2) is 17.2 Å². The molecular formula is C17H21NO3. The molecule has 112 valence electrons. The van der Waals surface area contributed by atoms with Crippen molar-refractivity contribution in [3.05, 3.63) is 47.7 Å². The number of aliphatic hydroxyl groups is 1. The van der Waals surface area contributed by atoms with Gasteiger partial charge in [0.15, 0.2) is 0 Å². The monoisotopic (exact) mass is 287 g/mol. The van der Waals surface area contributed by atoms with Crippen LogP contribution in [-0.2, 0) is 12.0 Å². The minimum atomic E-state index is -0.107. The van der Waals surface area contributed by atoms with Crippen LogP contribution in [0.4, 0.5) is 0 Å². The lowest BCUT2D eigenvalue weighted by atomic mass is 9.86. The van der Waals surface area contributed by atoms with E-state index in [9.17, 15) is 5.11 Å². The molecule has 0 aliphatic carbocycles. The van der Waals surface area contributed by atoms with Crippen LogP contribution < -0.4 is 9.47 Å². The van der Waals surface area contributed by atoms with Gasteiger partial charge >= 0.3 is 0 Å². The molecule has 0 spiro atoms. The molecule has 1 aromatic carbocycles. The van der Waals surface area contributed by atoms with Crippen molar-refractivity contribution >= 4 is 0 Å². The molecule has 0 fully saturated rings. The Labute approximate surface area is 125 Å². The molecule has 0 unspecified atom stereocenters. The zero-order chi connectivity index (χ0) is 15.5. The number of methoxy groups -OCH3 is 1. The number of ether oxygens (including phenoxy) is 2. The number of benzene rings is 1. The number of hydrogen-bond donors (Lipinski definition) is 1. The van der Waals surface area contributed by atoms with Gasteiger partial charge in [-0.25, -0.2) is 4.98 Å². The van der Waals surface area contributed by atoms with Gasteiger partial charge in [-0.1, -0.05) is 20.8 Å². The average Bonchev–Trinajstić information content (AvgIpc) is 2.47. The van der Waals surface area contributed by atoms with E-state index in [1.54, 1.807) is 25.4 Å². The third-order valence-electron chi connectivity index (χ3n) is 3.22. The Balaban J connectivity index is 2.44. The van der Waals surface area contributed by atoms with E-state index in [0.717, 1.165) is 17.1 Å². The number of hydrogen-bond acceptors (Lipinski definition) is 4. The van der Waals surface area contributed by atoms with Crippen LogP contribution in [0, 0.1) is 0 Å². The minimum absolute atomic E-state index is 0.0992. The first kappa shape index (κ1) is 15.3. The van der Waals surface area contributed by atoms with Crippen LogP contribution in [0.2, 0.25) is 0 Å². The number of aliphatic hydroxyl groups excluding tert-OH is 1. The number of rotatable bonds is 4. The van der Waals surface area contributed by atoms with Crippen LogP contribution in [0.25, 0.3) is 0 Å². The molecular weight excluding hydrogens is 266 g/mol. The summed E-state index contributed by atoms with van der Waals surface area (Å²) in [4.78, 5) is 4.20. The number of aromatic nitrogens is 1. The van der Waals surface area contributed by atoms with Crippen LogP contribution >= 0.6 is 0 Å². The molecule has 0 saturated heterocycles. The molecule has 0 radical (unpaired) electrons. The second kappa shape index (κ2) is 6.14. The van der Waals surface area contributed by atoms with E-state index < -0.39 is 0 Å². The predicted molar refractivity (Wildman–Crippen MR) is 81.9 cm³/mol. The lowest BCUT2D eigenvalue weighted by molar-refractivity contribution is 0.274. The average molecular weight is 287 g/mol. The summed E-state index contributed by atoms with van der Waals surface area (Å²) < 4.78 is 11.2. The van der Waals surface area contributed by atoms with Crippen molar-refractivity contribution in [2.75, 3.05) is 7.11 Å². The quantitative estimate of drug-likeness (QED) is 0.932. The molecule has 2 aromatic rings. The van der Waals surface area contributed by atoms with E-state index in [2.05, 4.69) is 25.8 Å². The Morgan fingerprint density at radius 1 is 1.19 bits per heavy atom. The number of pyridine rings is 1. The van der Waals surface area contributed by atoms with E-state index in [4.69, 9.17) is 9.47 Å². The molecule has 0 saturated carbocycles. The summed E-state index contributed by atoms with van der Waals surface area (Å²) in [5, 5.41) is 9.37. The van der Waals surface area contributed by atoms with Crippen molar-refractivity contribution in [3.63, 3.8) is 0 Å². The summed E-state index contributed by atoms with van der Waals surface area (Å²) in [6.07, 6.45) is 1.65. The second-order valence-electron chi connectivity index (χ2n) is 5.84. The summed E-state index contributed by atoms with van der Waals surface area (Å²) in [6, 6.07) is 9.26. The van der Waals surface area contributed by atoms with Gasteiger partial charge in [0.1, 0.15) is 11.5 Å². The first-order valence-electron chi connectivity index (χ1n) is 6.87. The minimum Gasteiger partial charge on any atom is -0.497 e. The SMILES string of the molecule is COc1ccc(Oc2ncccc2CO)c(C(C)(C)C)c1. The van der Waals surface area contributed by atoms with E-state index in [-0.39, 0.29) is 12.0 Å². The van der Waals surface area contributed by atoms with Gasteiger partial charge in [-0.05, 0) is 35.7 Å². The van der Waals surface area contributed by atoms with Gasteiger partial charge in [0, 0.05) is 17.3 Å². The maximum absolute atomic E-state index is 9.37. The molecule has 2 rings (SSSR count). The molecule has 1 heterocycles. The van der Waals surface area contributed by atoms with Crippen LogP contribution in [0.5, 0.6) is 17.4 Å². The maximum atomic E-state index is 9.37. The molecule has 0 aliphatic rings. The Hall–Kier alpha value is -2.07. The Morgan fingerprint density at radius 2 is 1.95 bits per heavy atom. The highest BCUT2D eigenvalue weighted by Gasteiger charge is 2.21. The number of nitrogens with zero attached hydrogens (tertiary/aromatic N) is 1. The molecule has 0 bridgehead atoms. The lowest BCUT2D eigenvalue weighted by Gasteiger charge is -2.23. The summed E-state index contributed by atoms with van der Waals surface area (Å²) in [7, 11) is 1.64. The topological polar surface area (TPSA) is 51.6 Å². The molecule has 1 aromatic heterocycles. The Morgan fingerprint density at radius 3 is 2.57 bits per heavy atom. The summed E-state index contributed by atoms with van der Waals surface area (Å²) >= 11 is 0. The van der Waals surface area contributed by atoms with Crippen molar-refractivity contribution in [1.29, 1.82) is 0 Å². The largest absolute Gasteiger partial charge is 0.497 e. The molecule has 0 atom stereocenters. The van der Waals surface area contributed by atoms with E-state index >= 15 is 0 Å². The third-order valence-corrected chi connectivity index (χ3v) is 3.22. The smallest absolute Gasteiger partial charge is 0.224 e.